The number of aliphatic imine (C=N–C) groups is 4. The average Bonchev–Trinajstić information content (AvgIpc) is 1.57. The minimum atomic E-state index is -0.505. The molecule has 0 bridgehead atoms. The van der Waals surface area contributed by atoms with Crippen molar-refractivity contribution in [2.45, 2.75) is 148 Å². The third kappa shape index (κ3) is 17.6. The highest BCUT2D eigenvalue weighted by molar-refractivity contribution is 6.24. The van der Waals surface area contributed by atoms with Crippen LogP contribution in [0.5, 0.6) is 0 Å². The molecule has 0 saturated heterocycles. The molecule has 10 aliphatic rings. The Kier molecular flexibility index (Phi) is 23.6. The maximum Gasteiger partial charge on any atom is 0.267 e. The molecular formula is C106H104F2N28O5. The Morgan fingerprint density at radius 2 is 0.773 bits per heavy atom. The van der Waals surface area contributed by atoms with Crippen LogP contribution in [0.1, 0.15) is 159 Å². The predicted octanol–water partition coefficient (Wildman–Crippen LogP) is 17.2. The molecule has 35 heteroatoms. The molecule has 7 aromatic carbocycles. The minimum absolute atomic E-state index is 0.00290. The van der Waals surface area contributed by atoms with Gasteiger partial charge in [-0.15, -0.1) is 0 Å². The number of para-hydroxylation sites is 2. The number of anilines is 12. The molecule has 4 amide bonds. The Hall–Kier alpha value is -16.8. The molecule has 4 atom stereocenters. The second-order valence-electron chi connectivity index (χ2n) is 38.1. The number of carbonyl (C=O) groups excluding carboxylic acids is 5. The summed E-state index contributed by atoms with van der Waals surface area (Å²) in [4.78, 5) is 117. The van der Waals surface area contributed by atoms with E-state index in [-0.39, 0.29) is 70.5 Å². The third-order valence-electron chi connectivity index (χ3n) is 26.8. The molecule has 7 aromatic heterocycles. The van der Waals surface area contributed by atoms with Crippen LogP contribution in [0, 0.1) is 25.6 Å². The van der Waals surface area contributed by atoms with Crippen molar-refractivity contribution in [2.24, 2.45) is 20.0 Å². The summed E-state index contributed by atoms with van der Waals surface area (Å²) in [6.45, 7) is 16.6. The molecule has 0 spiro atoms. The van der Waals surface area contributed by atoms with E-state index in [1.54, 1.807) is 100 Å². The highest BCUT2D eigenvalue weighted by Crippen LogP contribution is 2.48. The van der Waals surface area contributed by atoms with Crippen LogP contribution in [0.4, 0.5) is 78.1 Å². The number of aryl methyl sites for hydroxylation is 2. The third-order valence-corrected chi connectivity index (χ3v) is 26.8. The normalized spacial score (nSPS) is 18.2. The van der Waals surface area contributed by atoms with Crippen molar-refractivity contribution >= 4 is 123 Å². The van der Waals surface area contributed by atoms with Gasteiger partial charge in [-0.1, -0.05) is 139 Å². The van der Waals surface area contributed by atoms with Crippen molar-refractivity contribution in [1.82, 2.24) is 78.7 Å². The first kappa shape index (κ1) is 90.7. The summed E-state index contributed by atoms with van der Waals surface area (Å²) in [5, 5.41) is 33.4. The number of benzene rings is 7. The average molecular weight is 1890 g/mol. The van der Waals surface area contributed by atoms with Crippen LogP contribution in [-0.4, -0.2) is 208 Å². The maximum atomic E-state index is 13.7. The van der Waals surface area contributed by atoms with Gasteiger partial charge in [0.05, 0.1) is 85.9 Å². The summed E-state index contributed by atoms with van der Waals surface area (Å²) in [5.74, 6) is 6.99. The lowest BCUT2D eigenvalue weighted by Crippen LogP contribution is -2.51. The second kappa shape index (κ2) is 36.6. The van der Waals surface area contributed by atoms with Crippen LogP contribution in [0.15, 0.2) is 257 Å². The summed E-state index contributed by atoms with van der Waals surface area (Å²) in [6.07, 6.45) is 11.8. The van der Waals surface area contributed by atoms with Crippen molar-refractivity contribution < 1.29 is 32.8 Å². The molecular weight excluding hydrogens is 1780 g/mol. The summed E-state index contributed by atoms with van der Waals surface area (Å²) in [7, 11) is 7.08. The Morgan fingerprint density at radius 1 is 0.397 bits per heavy atom. The highest BCUT2D eigenvalue weighted by atomic mass is 19.1. The molecule has 0 unspecified atom stereocenters. The van der Waals surface area contributed by atoms with Crippen LogP contribution in [0.2, 0.25) is 0 Å². The van der Waals surface area contributed by atoms with Gasteiger partial charge >= 0.3 is 0 Å². The highest BCUT2D eigenvalue weighted by Gasteiger charge is 2.53. The van der Waals surface area contributed by atoms with Gasteiger partial charge in [0.2, 0.25) is 29.8 Å². The lowest BCUT2D eigenvalue weighted by molar-refractivity contribution is 0.0857. The monoisotopic (exact) mass is 1890 g/mol. The first-order valence-corrected chi connectivity index (χ1v) is 47.2. The van der Waals surface area contributed by atoms with Gasteiger partial charge in [-0.05, 0) is 189 Å². The fourth-order valence-electron chi connectivity index (χ4n) is 19.7. The van der Waals surface area contributed by atoms with E-state index < -0.39 is 5.95 Å². The van der Waals surface area contributed by atoms with Gasteiger partial charge in [0.1, 0.15) is 57.2 Å². The Bertz CT molecular complexity index is 7350. The number of hydrogen-bond donors (Lipinski definition) is 4. The molecule has 8 aliphatic heterocycles. The Balaban J connectivity index is 0.000000112. The number of ketones is 1. The predicted molar refractivity (Wildman–Crippen MR) is 540 cm³/mol. The van der Waals surface area contributed by atoms with Crippen molar-refractivity contribution in [3.05, 3.63) is 310 Å². The fourth-order valence-corrected chi connectivity index (χ4v) is 19.7. The smallest absolute Gasteiger partial charge is 0.267 e. The lowest BCUT2D eigenvalue weighted by Gasteiger charge is -2.34. The van der Waals surface area contributed by atoms with Crippen LogP contribution >= 0.6 is 0 Å². The number of amides is 4. The molecule has 33 nitrogen and oxygen atoms in total. The largest absolute Gasteiger partial charge is 0.340 e. The SMILES string of the molecule is CC(=O)c1ccc(Cn2nc3c(c2Nc2ccc(F)cc2)C(=O)N(C)C2=NC(C)(C)CN23)cc1.CN1C(=O)c2c(nn(Cc3ccc(-c4cccc(F)n4)cc3)c2Nc2ccccc2)N2C1=N[C@@H]1CCC[C@@H]12.CN1C(=O)c2c(nn(Cc3ccc(-c4ccccn4)cc3)c2Nc2ccccc2)N2C1=N[C@@H]1CCC[C@@H]12.Cc1ccc(Nc2c3c(nn2Cc2cnc(C)nc2)N2CC(C)(C)N=C2N(C)C3=O)cc1. The van der Waals surface area contributed by atoms with Crippen LogP contribution in [-0.2, 0) is 26.2 Å². The fraction of sp³-hybridized carbons (Fsp3) is 0.274. The van der Waals surface area contributed by atoms with Crippen molar-refractivity contribution in [1.29, 1.82) is 0 Å². The van der Waals surface area contributed by atoms with E-state index in [2.05, 4.69) is 89.1 Å². The van der Waals surface area contributed by atoms with Gasteiger partial charge in [0.25, 0.3) is 23.6 Å². The van der Waals surface area contributed by atoms with Gasteiger partial charge in [-0.25, -0.2) is 58.0 Å². The molecule has 0 radical (unpaired) electrons. The van der Waals surface area contributed by atoms with Gasteiger partial charge in [0, 0.05) is 91.8 Å². The van der Waals surface area contributed by atoms with Gasteiger partial charge in [0.15, 0.2) is 29.1 Å². The molecule has 24 rings (SSSR count). The summed E-state index contributed by atoms with van der Waals surface area (Å²) in [5.41, 5.74) is 13.9. The zero-order chi connectivity index (χ0) is 97.6. The molecule has 2 fully saturated rings. The number of fused-ring (bicyclic) bond motifs is 16. The Labute approximate surface area is 812 Å². The molecule has 14 aromatic rings. The van der Waals surface area contributed by atoms with Crippen molar-refractivity contribution in [3.8, 4) is 22.5 Å². The Morgan fingerprint density at radius 3 is 1.19 bits per heavy atom. The van der Waals surface area contributed by atoms with E-state index in [9.17, 15) is 32.8 Å². The van der Waals surface area contributed by atoms with Crippen molar-refractivity contribution in [3.63, 3.8) is 0 Å². The quantitative estimate of drug-likeness (QED) is 0.0431. The van der Waals surface area contributed by atoms with E-state index in [1.165, 1.54) is 30.7 Å². The van der Waals surface area contributed by atoms with E-state index in [1.807, 2.05) is 198 Å². The van der Waals surface area contributed by atoms with Gasteiger partial charge < -0.3 is 21.3 Å². The number of carbonyl (C=O) groups is 5. The first-order chi connectivity index (χ1) is 68.1. The van der Waals surface area contributed by atoms with Crippen LogP contribution in [0.25, 0.3) is 22.5 Å². The standard InChI is InChI=1S/C29H26FN7O.C29H27N7O.C25H25FN6O2.C23H26N8O/c1-35-28(38)25-26(31-20-7-3-2-4-8-20)36(34-27(25)37-23-11-5-10-22(23)33-29(35)37)17-18-13-15-19(16-14-18)21-9-6-12-24(30)32-21;1-34-28(37)25-26(31-21-8-3-2-4-9-21)35(33-27(25)36-24-12-7-11-23(24)32-29(34)36)18-19-13-15-20(16-14-19)22-10-5-6-17-30-22;1-15(33)17-7-5-16(6-8-17)13-32-21(27-19-11-9-18(26)10-12-19)20-22(29-32)31-14-25(2,3)28-24(31)30(4)23(20)34;1-14-6-8-17(9-7-14)26-19-18-20(28-31(19)12-16-10-24-15(2)25-11-16)30-13-23(3,4)27-22(30)29(5)21(18)32/h2-4,6-9,12-16,22-23,31H,5,10-11,17H2,1H3;2-6,8-10,13-17,23-24,31H,7,11-12,18H2,1H3;5-12,27H,13-14H2,1-4H3;6-11,26H,12-13H2,1-5H3/t22-,23+;23-,24+;;/m11../s1. The van der Waals surface area contributed by atoms with Crippen LogP contribution in [0.3, 0.4) is 0 Å². The second-order valence-corrected chi connectivity index (χ2v) is 38.1. The summed E-state index contributed by atoms with van der Waals surface area (Å²) < 4.78 is 34.4. The molecule has 15 heterocycles. The molecule has 2 saturated carbocycles. The van der Waals surface area contributed by atoms with E-state index in [0.717, 1.165) is 101 Å². The number of hydrogen-bond acceptors (Lipinski definition) is 25. The van der Waals surface area contributed by atoms with Gasteiger partial charge in [-0.3, -0.25) is 68.2 Å². The van der Waals surface area contributed by atoms with Crippen LogP contribution < -0.4 is 40.9 Å². The summed E-state index contributed by atoms with van der Waals surface area (Å²) >= 11 is 0. The minimum Gasteiger partial charge on any atom is -0.340 e. The topological polar surface area (TPSA) is 332 Å². The van der Waals surface area contributed by atoms with E-state index >= 15 is 0 Å². The molecule has 4 N–H and O–H groups in total. The number of guanidine groups is 4. The maximum absolute atomic E-state index is 13.7. The molecule has 141 heavy (non-hydrogen) atoms. The van der Waals surface area contributed by atoms with E-state index in [0.29, 0.717) is 149 Å². The number of Topliss-reactive ketones (excluding diaryl/α,β-unsaturated/α-hetero) is 1. The number of aromatic nitrogens is 12. The number of nitrogens with one attached hydrogen (secondary N) is 4. The van der Waals surface area contributed by atoms with Crippen molar-refractivity contribution in [2.75, 3.05) is 82.1 Å². The first-order valence-electron chi connectivity index (χ1n) is 47.2. The summed E-state index contributed by atoms with van der Waals surface area (Å²) in [6, 6.07) is 68.8. The molecule has 712 valence electrons. The number of rotatable bonds is 19. The van der Waals surface area contributed by atoms with Gasteiger partial charge in [-0.2, -0.15) is 24.8 Å². The number of halogens is 2. The number of nitrogens with zero attached hydrogens (tertiary/aromatic N) is 24. The number of pyridine rings is 2. The molecule has 2 aliphatic carbocycles. The van der Waals surface area contributed by atoms with E-state index in [4.69, 9.17) is 40.4 Å². The zero-order valence-electron chi connectivity index (χ0n) is 79.8. The lowest BCUT2D eigenvalue weighted by atomic mass is 10.1. The zero-order valence-corrected chi connectivity index (χ0v) is 79.8.